The number of hydrogen-bond acceptors (Lipinski definition) is 3. The molecular weight excluding hydrogens is 383 g/mol. The van der Waals surface area contributed by atoms with E-state index in [1.165, 1.54) is 83.1 Å². The number of nitrogens with one attached hydrogen (secondary N) is 1. The molecule has 170 valence electrons. The predicted molar refractivity (Wildman–Crippen MR) is 121 cm³/mol. The number of benzene rings is 1. The molecule has 1 aromatic carbocycles. The van der Waals surface area contributed by atoms with Gasteiger partial charge >= 0.3 is 5.69 Å². The van der Waals surface area contributed by atoms with Crippen LogP contribution in [-0.2, 0) is 4.79 Å². The zero-order valence-electron chi connectivity index (χ0n) is 18.6. The van der Waals surface area contributed by atoms with E-state index >= 15 is 0 Å². The quantitative estimate of drug-likeness (QED) is 0.148. The number of hydrogen-bond donors (Lipinski definition) is 1. The molecule has 0 saturated carbocycles. The Morgan fingerprint density at radius 1 is 0.867 bits per heavy atom. The molecule has 1 amide bonds. The van der Waals surface area contributed by atoms with Crippen molar-refractivity contribution < 1.29 is 14.1 Å². The van der Waals surface area contributed by atoms with Gasteiger partial charge in [-0.15, -0.1) is 0 Å². The van der Waals surface area contributed by atoms with Crippen molar-refractivity contribution in [3.05, 3.63) is 34.1 Å². The fraction of sp³-hybridized carbons (Fsp3) is 0.708. The maximum absolute atomic E-state index is 13.3. The second-order valence-electron chi connectivity index (χ2n) is 8.17. The van der Waals surface area contributed by atoms with Gasteiger partial charge < -0.3 is 5.32 Å². The molecule has 0 atom stereocenters. The number of amides is 1. The maximum Gasteiger partial charge on any atom is 0.306 e. The van der Waals surface area contributed by atoms with Crippen LogP contribution in [0.5, 0.6) is 0 Å². The minimum absolute atomic E-state index is 0.189. The van der Waals surface area contributed by atoms with E-state index in [2.05, 4.69) is 12.2 Å². The van der Waals surface area contributed by atoms with Crippen LogP contribution in [0.15, 0.2) is 18.2 Å². The van der Waals surface area contributed by atoms with Crippen LogP contribution in [0.2, 0.25) is 0 Å². The van der Waals surface area contributed by atoms with Crippen LogP contribution in [0.3, 0.4) is 0 Å². The van der Waals surface area contributed by atoms with Gasteiger partial charge in [-0.1, -0.05) is 96.8 Å². The molecule has 0 saturated heterocycles. The van der Waals surface area contributed by atoms with Gasteiger partial charge in [0, 0.05) is 18.2 Å². The number of nitro benzene ring substituents is 1. The summed E-state index contributed by atoms with van der Waals surface area (Å²) in [5.74, 6) is -1.09. The fourth-order valence-electron chi connectivity index (χ4n) is 3.61. The Morgan fingerprint density at radius 2 is 1.33 bits per heavy atom. The SMILES string of the molecule is CCCCCCCCCCCCCCCCCC(=O)Nc1ccc(F)c([N+](=O)[O-])c1. The summed E-state index contributed by atoms with van der Waals surface area (Å²) < 4.78 is 13.3. The van der Waals surface area contributed by atoms with E-state index in [4.69, 9.17) is 0 Å². The Morgan fingerprint density at radius 3 is 1.80 bits per heavy atom. The summed E-state index contributed by atoms with van der Waals surface area (Å²) in [5, 5.41) is 13.3. The molecule has 1 N–H and O–H groups in total. The van der Waals surface area contributed by atoms with Gasteiger partial charge in [0.2, 0.25) is 11.7 Å². The topological polar surface area (TPSA) is 72.2 Å². The van der Waals surface area contributed by atoms with Crippen LogP contribution in [-0.4, -0.2) is 10.8 Å². The van der Waals surface area contributed by atoms with Crippen molar-refractivity contribution in [2.75, 3.05) is 5.32 Å². The number of rotatable bonds is 18. The predicted octanol–water partition coefficient (Wildman–Crippen LogP) is 7.93. The van der Waals surface area contributed by atoms with Crippen molar-refractivity contribution in [3.63, 3.8) is 0 Å². The number of carbonyl (C=O) groups is 1. The van der Waals surface area contributed by atoms with Gasteiger partial charge in [0.15, 0.2) is 0 Å². The van der Waals surface area contributed by atoms with Crippen LogP contribution < -0.4 is 5.32 Å². The summed E-state index contributed by atoms with van der Waals surface area (Å²) in [7, 11) is 0. The van der Waals surface area contributed by atoms with Crippen LogP contribution in [0.4, 0.5) is 15.8 Å². The smallest absolute Gasteiger partial charge is 0.306 e. The highest BCUT2D eigenvalue weighted by molar-refractivity contribution is 5.90. The van der Waals surface area contributed by atoms with Crippen molar-refractivity contribution in [3.8, 4) is 0 Å². The summed E-state index contributed by atoms with van der Waals surface area (Å²) in [5.41, 5.74) is -0.367. The monoisotopic (exact) mass is 422 g/mol. The molecule has 0 heterocycles. The highest BCUT2D eigenvalue weighted by Crippen LogP contribution is 2.22. The first-order chi connectivity index (χ1) is 14.5. The largest absolute Gasteiger partial charge is 0.326 e. The Balaban J connectivity index is 1.95. The molecule has 0 radical (unpaired) electrons. The number of nitro groups is 1. The minimum Gasteiger partial charge on any atom is -0.326 e. The molecular formula is C24H39FN2O3. The first-order valence-electron chi connectivity index (χ1n) is 11.8. The van der Waals surface area contributed by atoms with E-state index in [0.717, 1.165) is 31.4 Å². The molecule has 0 aromatic heterocycles. The standard InChI is InChI=1S/C24H39FN2O3/c1-2-3-4-5-6-7-8-9-10-11-12-13-14-15-16-17-24(28)26-21-18-19-22(25)23(20-21)27(29)30/h18-20H,2-17H2,1H3,(H,26,28). The normalized spacial score (nSPS) is 10.9. The van der Waals surface area contributed by atoms with Crippen molar-refractivity contribution in [2.24, 2.45) is 0 Å². The molecule has 0 aliphatic rings. The highest BCUT2D eigenvalue weighted by atomic mass is 19.1. The van der Waals surface area contributed by atoms with Crippen LogP contribution in [0.25, 0.3) is 0 Å². The van der Waals surface area contributed by atoms with E-state index in [1.807, 2.05) is 0 Å². The molecule has 1 rings (SSSR count). The third kappa shape index (κ3) is 12.6. The van der Waals surface area contributed by atoms with Gasteiger partial charge in [-0.3, -0.25) is 14.9 Å². The number of unbranched alkanes of at least 4 members (excludes halogenated alkanes) is 14. The van der Waals surface area contributed by atoms with Crippen LogP contribution >= 0.6 is 0 Å². The lowest BCUT2D eigenvalue weighted by molar-refractivity contribution is -0.387. The Bertz CT molecular complexity index is 622. The third-order valence-electron chi connectivity index (χ3n) is 5.43. The molecule has 0 aliphatic heterocycles. The van der Waals surface area contributed by atoms with Crippen molar-refractivity contribution in [1.29, 1.82) is 0 Å². The molecule has 0 aliphatic carbocycles. The minimum atomic E-state index is -0.902. The van der Waals surface area contributed by atoms with E-state index in [1.54, 1.807) is 0 Å². The third-order valence-corrected chi connectivity index (χ3v) is 5.43. The number of anilines is 1. The van der Waals surface area contributed by atoms with Crippen molar-refractivity contribution in [1.82, 2.24) is 0 Å². The highest BCUT2D eigenvalue weighted by Gasteiger charge is 2.15. The second-order valence-corrected chi connectivity index (χ2v) is 8.17. The average molecular weight is 423 g/mol. The summed E-state index contributed by atoms with van der Waals surface area (Å²) >= 11 is 0. The lowest BCUT2D eigenvalue weighted by atomic mass is 10.0. The second kappa shape index (κ2) is 16.8. The molecule has 0 bridgehead atoms. The summed E-state index contributed by atoms with van der Waals surface area (Å²) in [6.45, 7) is 2.25. The van der Waals surface area contributed by atoms with E-state index in [9.17, 15) is 19.3 Å². The first kappa shape index (κ1) is 26.1. The van der Waals surface area contributed by atoms with Crippen LogP contribution in [0, 0.1) is 15.9 Å². The Labute approximate surface area is 181 Å². The number of carbonyl (C=O) groups excluding carboxylic acids is 1. The van der Waals surface area contributed by atoms with Crippen molar-refractivity contribution >= 4 is 17.3 Å². The molecule has 30 heavy (non-hydrogen) atoms. The summed E-state index contributed by atoms with van der Waals surface area (Å²) in [6.07, 6.45) is 19.4. The number of halogens is 1. The Kier molecular flexibility index (Phi) is 14.6. The zero-order valence-corrected chi connectivity index (χ0v) is 18.6. The molecule has 6 heteroatoms. The first-order valence-corrected chi connectivity index (χ1v) is 11.8. The number of nitrogens with zero attached hydrogens (tertiary/aromatic N) is 1. The lowest BCUT2D eigenvalue weighted by Gasteiger charge is -2.06. The maximum atomic E-state index is 13.3. The lowest BCUT2D eigenvalue weighted by Crippen LogP contribution is -2.11. The molecule has 0 unspecified atom stereocenters. The Hall–Kier alpha value is -1.98. The van der Waals surface area contributed by atoms with Gasteiger partial charge in [-0.2, -0.15) is 4.39 Å². The summed E-state index contributed by atoms with van der Waals surface area (Å²) in [6, 6.07) is 3.40. The van der Waals surface area contributed by atoms with Gasteiger partial charge in [-0.05, 0) is 18.6 Å². The van der Waals surface area contributed by atoms with Gasteiger partial charge in [0.05, 0.1) is 4.92 Å². The molecule has 1 aromatic rings. The van der Waals surface area contributed by atoms with E-state index < -0.39 is 16.4 Å². The van der Waals surface area contributed by atoms with Crippen molar-refractivity contribution in [2.45, 2.75) is 110 Å². The zero-order chi connectivity index (χ0) is 22.0. The van der Waals surface area contributed by atoms with E-state index in [0.29, 0.717) is 6.42 Å². The fourth-order valence-corrected chi connectivity index (χ4v) is 3.61. The molecule has 0 spiro atoms. The van der Waals surface area contributed by atoms with Gasteiger partial charge in [0.1, 0.15) is 0 Å². The average Bonchev–Trinajstić information content (AvgIpc) is 2.72. The van der Waals surface area contributed by atoms with Crippen LogP contribution in [0.1, 0.15) is 110 Å². The van der Waals surface area contributed by atoms with Gasteiger partial charge in [0.25, 0.3) is 0 Å². The summed E-state index contributed by atoms with van der Waals surface area (Å²) in [4.78, 5) is 21.9. The molecule has 0 fully saturated rings. The van der Waals surface area contributed by atoms with E-state index in [-0.39, 0.29) is 11.6 Å². The molecule has 5 nitrogen and oxygen atoms in total. The van der Waals surface area contributed by atoms with Gasteiger partial charge in [-0.25, -0.2) is 0 Å².